The third-order valence-corrected chi connectivity index (χ3v) is 4.25. The molecule has 0 saturated carbocycles. The maximum absolute atomic E-state index is 10.9. The van der Waals surface area contributed by atoms with Gasteiger partial charge in [-0.2, -0.15) is 0 Å². The van der Waals surface area contributed by atoms with Gasteiger partial charge in [0.15, 0.2) is 6.61 Å². The summed E-state index contributed by atoms with van der Waals surface area (Å²) in [6, 6.07) is 9.98. The number of ether oxygens (including phenoxy) is 1. The molecule has 3 aromatic rings. The van der Waals surface area contributed by atoms with Gasteiger partial charge in [0, 0.05) is 27.9 Å². The lowest BCUT2D eigenvalue weighted by Gasteiger charge is -2.22. The van der Waals surface area contributed by atoms with Crippen molar-refractivity contribution < 1.29 is 14.6 Å². The molecule has 0 aliphatic heterocycles. The summed E-state index contributed by atoms with van der Waals surface area (Å²) in [5, 5.41) is 12.1. The van der Waals surface area contributed by atoms with E-state index in [1.807, 2.05) is 30.5 Å². The third kappa shape index (κ3) is 1.91. The van der Waals surface area contributed by atoms with Gasteiger partial charge in [-0.25, -0.2) is 4.79 Å². The molecule has 2 aromatic carbocycles. The molecule has 4 rings (SSSR count). The molecule has 1 N–H and O–H groups in total. The first-order valence-corrected chi connectivity index (χ1v) is 7.41. The van der Waals surface area contributed by atoms with Crippen LogP contribution in [0.3, 0.4) is 0 Å². The Hall–Kier alpha value is -2.62. The Kier molecular flexibility index (Phi) is 2.96. The van der Waals surface area contributed by atoms with Crippen LogP contribution < -0.4 is 4.74 Å². The van der Waals surface area contributed by atoms with Gasteiger partial charge >= 0.3 is 5.97 Å². The second-order valence-electron chi connectivity index (χ2n) is 5.58. The lowest BCUT2D eigenvalue weighted by atomic mass is 9.87. The number of fused-ring (bicyclic) bond motifs is 2. The van der Waals surface area contributed by atoms with Crippen LogP contribution in [0.5, 0.6) is 5.75 Å². The molecule has 1 aliphatic rings. The molecular weight excluding hydrogens is 278 g/mol. The van der Waals surface area contributed by atoms with Gasteiger partial charge in [0.2, 0.25) is 0 Å². The molecule has 0 unspecified atom stereocenters. The van der Waals surface area contributed by atoms with Crippen LogP contribution in [-0.2, 0) is 17.6 Å². The zero-order chi connectivity index (χ0) is 15.1. The van der Waals surface area contributed by atoms with Crippen LogP contribution in [0.25, 0.3) is 21.7 Å². The molecule has 0 atom stereocenters. The quantitative estimate of drug-likeness (QED) is 0.752. The predicted octanol–water partition coefficient (Wildman–Crippen LogP) is 3.34. The van der Waals surface area contributed by atoms with Crippen LogP contribution in [0, 0.1) is 0 Å². The largest absolute Gasteiger partial charge is 0.481 e. The predicted molar refractivity (Wildman–Crippen MR) is 84.4 cm³/mol. The second kappa shape index (κ2) is 4.98. The second-order valence-corrected chi connectivity index (χ2v) is 5.58. The van der Waals surface area contributed by atoms with Crippen molar-refractivity contribution in [3.8, 4) is 5.75 Å². The monoisotopic (exact) mass is 293 g/mol. The van der Waals surface area contributed by atoms with E-state index in [0.717, 1.165) is 46.5 Å². The number of aromatic nitrogens is 1. The Labute approximate surface area is 127 Å². The number of carbonyl (C=O) groups is 1. The normalized spacial score (nSPS) is 13.5. The van der Waals surface area contributed by atoms with E-state index in [1.54, 1.807) is 0 Å². The summed E-state index contributed by atoms with van der Waals surface area (Å²) in [5.41, 5.74) is 3.37. The molecular formula is C18H15NO3. The van der Waals surface area contributed by atoms with E-state index in [1.165, 1.54) is 5.56 Å². The van der Waals surface area contributed by atoms with E-state index >= 15 is 0 Å². The van der Waals surface area contributed by atoms with Crippen LogP contribution in [0.4, 0.5) is 0 Å². The minimum absolute atomic E-state index is 0.321. The van der Waals surface area contributed by atoms with Gasteiger partial charge in [-0.1, -0.05) is 24.3 Å². The van der Waals surface area contributed by atoms with Gasteiger partial charge in [0.25, 0.3) is 0 Å². The fourth-order valence-corrected chi connectivity index (χ4v) is 3.41. The molecule has 1 aromatic heterocycles. The zero-order valence-corrected chi connectivity index (χ0v) is 12.0. The van der Waals surface area contributed by atoms with Crippen LogP contribution >= 0.6 is 0 Å². The average molecular weight is 293 g/mol. The van der Waals surface area contributed by atoms with Crippen molar-refractivity contribution in [3.63, 3.8) is 0 Å². The SMILES string of the molecule is O=C(O)COc1c2c3c(ccnc3c3ccccc13)CCC2. The Morgan fingerprint density at radius 3 is 2.82 bits per heavy atom. The molecule has 0 spiro atoms. The Morgan fingerprint density at radius 2 is 2.00 bits per heavy atom. The standard InChI is InChI=1S/C18H15NO3/c20-15(21)10-22-18-13-6-2-1-5-12(13)17-16-11(8-9-19-17)4-3-7-14(16)18/h1-2,5-6,8-9H,3-4,7,10H2,(H,20,21). The summed E-state index contributed by atoms with van der Waals surface area (Å²) < 4.78 is 5.67. The van der Waals surface area contributed by atoms with Crippen molar-refractivity contribution >= 4 is 27.6 Å². The maximum Gasteiger partial charge on any atom is 0.341 e. The Morgan fingerprint density at radius 1 is 1.18 bits per heavy atom. The lowest BCUT2D eigenvalue weighted by Crippen LogP contribution is -2.13. The van der Waals surface area contributed by atoms with E-state index in [-0.39, 0.29) is 6.61 Å². The van der Waals surface area contributed by atoms with Crippen molar-refractivity contribution in [3.05, 3.63) is 47.7 Å². The summed E-state index contributed by atoms with van der Waals surface area (Å²) in [7, 11) is 0. The lowest BCUT2D eigenvalue weighted by molar-refractivity contribution is -0.139. The number of aryl methyl sites for hydroxylation is 2. The number of pyridine rings is 1. The van der Waals surface area contributed by atoms with E-state index in [9.17, 15) is 4.79 Å². The van der Waals surface area contributed by atoms with Gasteiger partial charge in [-0.05, 0) is 30.9 Å². The number of rotatable bonds is 3. The first-order valence-electron chi connectivity index (χ1n) is 7.41. The highest BCUT2D eigenvalue weighted by atomic mass is 16.5. The summed E-state index contributed by atoms with van der Waals surface area (Å²) in [6.07, 6.45) is 4.84. The van der Waals surface area contributed by atoms with Crippen molar-refractivity contribution in [1.29, 1.82) is 0 Å². The zero-order valence-electron chi connectivity index (χ0n) is 12.0. The van der Waals surface area contributed by atoms with Crippen molar-refractivity contribution in [2.75, 3.05) is 6.61 Å². The van der Waals surface area contributed by atoms with Crippen LogP contribution in [-0.4, -0.2) is 22.7 Å². The summed E-state index contributed by atoms with van der Waals surface area (Å²) in [6.45, 7) is -0.321. The van der Waals surface area contributed by atoms with Crippen molar-refractivity contribution in [2.24, 2.45) is 0 Å². The number of benzene rings is 2. The van der Waals surface area contributed by atoms with E-state index in [2.05, 4.69) is 11.1 Å². The van der Waals surface area contributed by atoms with Gasteiger partial charge < -0.3 is 9.84 Å². The molecule has 1 heterocycles. The number of carboxylic acid groups (broad SMARTS) is 1. The first-order chi connectivity index (χ1) is 10.8. The minimum Gasteiger partial charge on any atom is -0.481 e. The highest BCUT2D eigenvalue weighted by Crippen LogP contribution is 2.41. The molecule has 110 valence electrons. The fraction of sp³-hybridized carbons (Fsp3) is 0.222. The van der Waals surface area contributed by atoms with Crippen molar-refractivity contribution in [1.82, 2.24) is 4.98 Å². The molecule has 0 amide bonds. The summed E-state index contributed by atoms with van der Waals surface area (Å²) in [4.78, 5) is 15.5. The smallest absolute Gasteiger partial charge is 0.341 e. The molecule has 1 aliphatic carbocycles. The summed E-state index contributed by atoms with van der Waals surface area (Å²) >= 11 is 0. The molecule has 22 heavy (non-hydrogen) atoms. The molecule has 4 heteroatoms. The molecule has 0 radical (unpaired) electrons. The van der Waals surface area contributed by atoms with E-state index in [4.69, 9.17) is 9.84 Å². The van der Waals surface area contributed by atoms with Crippen LogP contribution in [0.1, 0.15) is 17.5 Å². The number of carboxylic acids is 1. The van der Waals surface area contributed by atoms with Gasteiger partial charge in [0.1, 0.15) is 5.75 Å². The van der Waals surface area contributed by atoms with Gasteiger partial charge in [-0.15, -0.1) is 0 Å². The Bertz CT molecular complexity index is 902. The van der Waals surface area contributed by atoms with Gasteiger partial charge in [0.05, 0.1) is 5.52 Å². The average Bonchev–Trinajstić information content (AvgIpc) is 2.55. The minimum atomic E-state index is -0.960. The Balaban J connectivity index is 2.10. The molecule has 0 fully saturated rings. The number of hydrogen-bond acceptors (Lipinski definition) is 3. The maximum atomic E-state index is 10.9. The first kappa shape index (κ1) is 13.1. The van der Waals surface area contributed by atoms with Crippen LogP contribution in [0.15, 0.2) is 36.5 Å². The van der Waals surface area contributed by atoms with E-state index < -0.39 is 5.97 Å². The van der Waals surface area contributed by atoms with Crippen LogP contribution in [0.2, 0.25) is 0 Å². The third-order valence-electron chi connectivity index (χ3n) is 4.25. The number of hydrogen-bond donors (Lipinski definition) is 1. The fourth-order valence-electron chi connectivity index (χ4n) is 3.41. The van der Waals surface area contributed by atoms with E-state index in [0.29, 0.717) is 5.75 Å². The van der Waals surface area contributed by atoms with Crippen molar-refractivity contribution in [2.45, 2.75) is 19.3 Å². The number of aliphatic carboxylic acids is 1. The highest BCUT2D eigenvalue weighted by Gasteiger charge is 2.21. The molecule has 0 saturated heterocycles. The molecule has 0 bridgehead atoms. The summed E-state index contributed by atoms with van der Waals surface area (Å²) in [5.74, 6) is -0.252. The highest BCUT2D eigenvalue weighted by molar-refractivity contribution is 6.11. The molecule has 4 nitrogen and oxygen atoms in total. The number of nitrogens with zero attached hydrogens (tertiary/aromatic N) is 1. The van der Waals surface area contributed by atoms with Gasteiger partial charge in [-0.3, -0.25) is 4.98 Å². The topological polar surface area (TPSA) is 59.4 Å².